The molecule has 10 heavy (non-hydrogen) atoms. The molecular formula is C8H17OTi. The molecular weight excluding hydrogens is 160 g/mol. The second-order valence-electron chi connectivity index (χ2n) is 2.62. The van der Waals surface area contributed by atoms with Crippen LogP contribution in [0.5, 0.6) is 0 Å². The fraction of sp³-hybridized carbons (Fsp3) is 1.00. The van der Waals surface area contributed by atoms with Gasteiger partial charge in [0.15, 0.2) is 0 Å². The molecule has 0 aromatic rings. The molecule has 0 spiro atoms. The van der Waals surface area contributed by atoms with E-state index in [0.717, 1.165) is 6.61 Å². The monoisotopic (exact) mass is 177 g/mol. The maximum atomic E-state index is 4.95. The van der Waals surface area contributed by atoms with Crippen molar-refractivity contribution in [3.8, 4) is 0 Å². The average Bonchev–Trinajstić information content (AvgIpc) is 1.97. The van der Waals surface area contributed by atoms with Crippen LogP contribution in [0, 0.1) is 0 Å². The summed E-state index contributed by atoms with van der Waals surface area (Å²) in [5, 5.41) is 0. The number of rotatable bonds is 7. The molecule has 0 aliphatic rings. The van der Waals surface area contributed by atoms with Gasteiger partial charge in [0, 0.05) is 0 Å². The maximum absolute atomic E-state index is 4.95. The summed E-state index contributed by atoms with van der Waals surface area (Å²) < 4.78 is 4.95. The van der Waals surface area contributed by atoms with Crippen LogP contribution in [0.2, 0.25) is 0 Å². The van der Waals surface area contributed by atoms with E-state index in [1.54, 1.807) is 20.8 Å². The van der Waals surface area contributed by atoms with Crippen molar-refractivity contribution < 1.29 is 24.1 Å². The molecule has 0 aliphatic carbocycles. The second-order valence-corrected chi connectivity index (χ2v) is 3.07. The molecule has 0 rings (SSSR count). The third-order valence-electron chi connectivity index (χ3n) is 1.60. The Morgan fingerprint density at radius 3 is 2.20 bits per heavy atom. The van der Waals surface area contributed by atoms with Crippen molar-refractivity contribution >= 4 is 0 Å². The van der Waals surface area contributed by atoms with Gasteiger partial charge in [0.05, 0.1) is 0 Å². The molecule has 2 heteroatoms. The number of hydrogen-bond acceptors (Lipinski definition) is 1. The molecule has 0 fully saturated rings. The molecule has 59 valence electrons. The zero-order valence-electron chi connectivity index (χ0n) is 6.86. The minimum absolute atomic E-state index is 0.937. The van der Waals surface area contributed by atoms with Gasteiger partial charge in [-0.2, -0.15) is 0 Å². The number of unbranched alkanes of at least 4 members (excludes halogenated alkanes) is 5. The first-order valence-electron chi connectivity index (χ1n) is 4.20. The van der Waals surface area contributed by atoms with Gasteiger partial charge in [-0.1, -0.05) is 0 Å². The first-order chi connectivity index (χ1) is 4.91. The topological polar surface area (TPSA) is 9.23 Å². The normalized spacial score (nSPS) is 10.0. The van der Waals surface area contributed by atoms with Crippen LogP contribution in [0.4, 0.5) is 0 Å². The van der Waals surface area contributed by atoms with E-state index in [9.17, 15) is 0 Å². The van der Waals surface area contributed by atoms with E-state index in [2.05, 4.69) is 6.92 Å². The second kappa shape index (κ2) is 9.67. The van der Waals surface area contributed by atoms with Gasteiger partial charge in [0.1, 0.15) is 0 Å². The molecule has 0 bridgehead atoms. The van der Waals surface area contributed by atoms with E-state index < -0.39 is 0 Å². The van der Waals surface area contributed by atoms with Crippen LogP contribution in [-0.2, 0) is 24.1 Å². The predicted molar refractivity (Wildman–Crippen MR) is 39.3 cm³/mol. The van der Waals surface area contributed by atoms with Crippen LogP contribution in [0.15, 0.2) is 0 Å². The van der Waals surface area contributed by atoms with Crippen molar-refractivity contribution in [2.24, 2.45) is 0 Å². The van der Waals surface area contributed by atoms with E-state index >= 15 is 0 Å². The summed E-state index contributed by atoms with van der Waals surface area (Å²) in [6, 6.07) is 0. The Morgan fingerprint density at radius 1 is 1.00 bits per heavy atom. The summed E-state index contributed by atoms with van der Waals surface area (Å²) in [7, 11) is 0. The summed E-state index contributed by atoms with van der Waals surface area (Å²) in [4.78, 5) is 0. The van der Waals surface area contributed by atoms with E-state index in [-0.39, 0.29) is 0 Å². The van der Waals surface area contributed by atoms with Crippen LogP contribution in [0.1, 0.15) is 45.4 Å². The van der Waals surface area contributed by atoms with Crippen molar-refractivity contribution in [1.82, 2.24) is 0 Å². The van der Waals surface area contributed by atoms with Crippen molar-refractivity contribution in [1.29, 1.82) is 0 Å². The Bertz CT molecular complexity index is 49.2. The summed E-state index contributed by atoms with van der Waals surface area (Å²) in [6.07, 6.45) is 8.10. The molecule has 0 radical (unpaired) electrons. The van der Waals surface area contributed by atoms with E-state index in [0.29, 0.717) is 0 Å². The fourth-order valence-electron chi connectivity index (χ4n) is 0.955. The Kier molecular flexibility index (Phi) is 10.3. The van der Waals surface area contributed by atoms with Gasteiger partial charge in [-0.15, -0.1) is 0 Å². The Balaban J connectivity index is 2.65. The molecule has 0 amide bonds. The first-order valence-corrected chi connectivity index (χ1v) is 4.84. The van der Waals surface area contributed by atoms with Gasteiger partial charge in [0.25, 0.3) is 0 Å². The van der Waals surface area contributed by atoms with Crippen molar-refractivity contribution in [2.45, 2.75) is 45.4 Å². The molecule has 0 aromatic heterocycles. The molecule has 0 saturated carbocycles. The minimum atomic E-state index is 0.937. The molecule has 1 nitrogen and oxygen atoms in total. The van der Waals surface area contributed by atoms with Crippen LogP contribution >= 0.6 is 0 Å². The molecule has 0 N–H and O–H groups in total. The summed E-state index contributed by atoms with van der Waals surface area (Å²) in [5.74, 6) is 0. The van der Waals surface area contributed by atoms with Gasteiger partial charge in [-0.3, -0.25) is 0 Å². The van der Waals surface area contributed by atoms with Gasteiger partial charge in [-0.25, -0.2) is 0 Å². The van der Waals surface area contributed by atoms with Gasteiger partial charge >= 0.3 is 76.2 Å². The van der Waals surface area contributed by atoms with E-state index in [4.69, 9.17) is 3.32 Å². The zero-order chi connectivity index (χ0) is 7.66. The van der Waals surface area contributed by atoms with Gasteiger partial charge in [-0.05, 0) is 0 Å². The quantitative estimate of drug-likeness (QED) is 0.429. The number of hydrogen-bond donors (Lipinski definition) is 0. The standard InChI is InChI=1S/C8H17O.Ti/c1-2-3-4-5-6-7-8-9;/h2-8H2,1H3;/q-1;+1. The third kappa shape index (κ3) is 8.67. The Hall–Kier alpha value is 0.674. The molecule has 0 aliphatic heterocycles. The predicted octanol–water partition coefficient (Wildman–Crippen LogP) is 2.83. The SMILES string of the molecule is CCCCCCCC[O][Ti]. The van der Waals surface area contributed by atoms with Crippen LogP contribution in [0.25, 0.3) is 0 Å². The third-order valence-corrected chi connectivity index (χ3v) is 1.92. The van der Waals surface area contributed by atoms with Crippen molar-refractivity contribution in [3.63, 3.8) is 0 Å². The van der Waals surface area contributed by atoms with E-state index in [1.807, 2.05) is 0 Å². The van der Waals surface area contributed by atoms with Crippen LogP contribution in [-0.4, -0.2) is 6.61 Å². The van der Waals surface area contributed by atoms with Crippen LogP contribution in [0.3, 0.4) is 0 Å². The van der Waals surface area contributed by atoms with Crippen molar-refractivity contribution in [3.05, 3.63) is 0 Å². The molecule has 0 aromatic carbocycles. The van der Waals surface area contributed by atoms with Gasteiger partial charge in [0.2, 0.25) is 0 Å². The van der Waals surface area contributed by atoms with Gasteiger partial charge < -0.3 is 0 Å². The fourth-order valence-corrected chi connectivity index (χ4v) is 1.18. The molecule has 0 unspecified atom stereocenters. The summed E-state index contributed by atoms with van der Waals surface area (Å²) in [6.45, 7) is 3.18. The first kappa shape index (κ1) is 10.7. The Labute approximate surface area is 76.4 Å². The Morgan fingerprint density at radius 2 is 1.60 bits per heavy atom. The molecule has 0 atom stereocenters. The average molecular weight is 177 g/mol. The summed E-state index contributed by atoms with van der Waals surface area (Å²) >= 11 is 1.77. The zero-order valence-corrected chi connectivity index (χ0v) is 8.42. The van der Waals surface area contributed by atoms with Crippen LogP contribution < -0.4 is 0 Å². The molecule has 0 saturated heterocycles. The van der Waals surface area contributed by atoms with Crippen molar-refractivity contribution in [2.75, 3.05) is 6.61 Å². The molecule has 0 heterocycles. The van der Waals surface area contributed by atoms with E-state index in [1.165, 1.54) is 38.5 Å². The summed E-state index contributed by atoms with van der Waals surface area (Å²) in [5.41, 5.74) is 0.